The highest BCUT2D eigenvalue weighted by Crippen LogP contribution is 2.21. The molecule has 18 heteroatoms. The highest BCUT2D eigenvalue weighted by atomic mass is 32.1. The van der Waals surface area contributed by atoms with Crippen LogP contribution in [-0.2, 0) is 32.4 Å². The molecule has 0 saturated carbocycles. The number of hydrogen-bond donors (Lipinski definition) is 0. The van der Waals surface area contributed by atoms with Crippen LogP contribution in [0, 0.1) is 20.2 Å². The lowest BCUT2D eigenvalue weighted by Crippen LogP contribution is -2.51. The van der Waals surface area contributed by atoms with Crippen LogP contribution < -0.4 is 4.74 Å². The van der Waals surface area contributed by atoms with Crippen LogP contribution >= 0.6 is 11.7 Å². The normalized spacial score (nSPS) is 13.9. The molecule has 17 nitrogen and oxygen atoms in total. The zero-order valence-corrected chi connectivity index (χ0v) is 28.5. The molecule has 0 bridgehead atoms. The topological polar surface area (TPSA) is 199 Å². The van der Waals surface area contributed by atoms with Gasteiger partial charge in [0.25, 0.3) is 16.1 Å². The zero-order chi connectivity index (χ0) is 35.8. The number of hydrogen-bond acceptors (Lipinski definition) is 15. The number of ether oxygens (including phenoxy) is 3. The van der Waals surface area contributed by atoms with Crippen LogP contribution in [-0.4, -0.2) is 98.7 Å². The standard InChI is InChI=1S/C25H27N5O10S.C6H13NO/c1-25(2,3)28(23(31)19-8-4-17(5-9-19)14-38-29(33)34)13-21(16-37-22-12-26-41-27-22)40-24(32)20-10-6-18(7-11-20)15-39-30(35)36;1-7-3-2-5-8-6-4-7/h4-12,21H,13-16H2,1-3H3;2-6H2,1H3. The summed E-state index contributed by atoms with van der Waals surface area (Å²) < 4.78 is 24.5. The van der Waals surface area contributed by atoms with Crippen molar-refractivity contribution in [3.63, 3.8) is 0 Å². The summed E-state index contributed by atoms with van der Waals surface area (Å²) in [7, 11) is 2.13. The second kappa shape index (κ2) is 19.2. The number of aromatic nitrogens is 2. The summed E-state index contributed by atoms with van der Waals surface area (Å²) in [5, 5.41) is 19.1. The molecule has 49 heavy (non-hydrogen) atoms. The Labute approximate surface area is 287 Å². The van der Waals surface area contributed by atoms with Crippen molar-refractivity contribution < 1.29 is 43.6 Å². The van der Waals surface area contributed by atoms with Gasteiger partial charge < -0.3 is 33.7 Å². The number of nitrogens with zero attached hydrogens (tertiary/aromatic N) is 6. The van der Waals surface area contributed by atoms with E-state index in [0.717, 1.165) is 31.5 Å². The Morgan fingerprint density at radius 2 is 1.55 bits per heavy atom. The Morgan fingerprint density at radius 3 is 2.08 bits per heavy atom. The SMILES string of the molecule is CC(C)(C)N(CC(COc1cnsn1)OC(=O)c1ccc(CO[N+](=O)[O-])cc1)C(=O)c1ccc(CO[N+](=O)[O-])cc1.CN1CCCOCC1. The van der Waals surface area contributed by atoms with Crippen molar-refractivity contribution in [2.75, 3.05) is 46.5 Å². The van der Waals surface area contributed by atoms with E-state index in [0.29, 0.717) is 16.7 Å². The first kappa shape index (κ1) is 38.5. The van der Waals surface area contributed by atoms with Crippen LogP contribution in [0.1, 0.15) is 59.0 Å². The molecular formula is C31H40N6O11S. The third-order valence-corrected chi connectivity index (χ3v) is 7.44. The highest BCUT2D eigenvalue weighted by molar-refractivity contribution is 6.99. The van der Waals surface area contributed by atoms with Gasteiger partial charge in [0, 0.05) is 30.8 Å². The quantitative estimate of drug-likeness (QED) is 0.133. The van der Waals surface area contributed by atoms with Crippen molar-refractivity contribution >= 4 is 23.6 Å². The maximum absolute atomic E-state index is 13.6. The van der Waals surface area contributed by atoms with Crippen molar-refractivity contribution in [2.45, 2.75) is 52.0 Å². The average molecular weight is 705 g/mol. The van der Waals surface area contributed by atoms with E-state index >= 15 is 0 Å². The van der Waals surface area contributed by atoms with Crippen LogP contribution in [0.2, 0.25) is 0 Å². The van der Waals surface area contributed by atoms with Crippen molar-refractivity contribution in [1.29, 1.82) is 0 Å². The molecule has 2 aromatic carbocycles. The predicted molar refractivity (Wildman–Crippen MR) is 175 cm³/mol. The molecule has 266 valence electrons. The first-order valence-electron chi connectivity index (χ1n) is 15.2. The van der Waals surface area contributed by atoms with E-state index in [4.69, 9.17) is 14.2 Å². The maximum Gasteiger partial charge on any atom is 0.338 e. The van der Waals surface area contributed by atoms with Gasteiger partial charge >= 0.3 is 5.97 Å². The number of benzene rings is 2. The average Bonchev–Trinajstić information content (AvgIpc) is 3.48. The highest BCUT2D eigenvalue weighted by Gasteiger charge is 2.32. The van der Waals surface area contributed by atoms with Crippen LogP contribution in [0.15, 0.2) is 54.7 Å². The van der Waals surface area contributed by atoms with Gasteiger partial charge in [-0.3, -0.25) is 4.79 Å². The number of esters is 1. The van der Waals surface area contributed by atoms with Gasteiger partial charge in [-0.15, -0.1) is 24.6 Å². The number of carbonyl (C=O) groups is 2. The minimum absolute atomic E-state index is 0.0490. The zero-order valence-electron chi connectivity index (χ0n) is 27.7. The minimum Gasteiger partial charge on any atom is -0.472 e. The van der Waals surface area contributed by atoms with E-state index in [1.807, 2.05) is 20.8 Å². The monoisotopic (exact) mass is 704 g/mol. The molecule has 1 aromatic heterocycles. The minimum atomic E-state index is -0.933. The summed E-state index contributed by atoms with van der Waals surface area (Å²) in [4.78, 5) is 59.9. The van der Waals surface area contributed by atoms with E-state index in [-0.39, 0.29) is 43.7 Å². The molecule has 1 atom stereocenters. The van der Waals surface area contributed by atoms with Gasteiger partial charge in [0.05, 0.1) is 30.4 Å². The number of likely N-dealkylation sites (N-methyl/N-ethyl adjacent to an activating group) is 1. The van der Waals surface area contributed by atoms with Gasteiger partial charge in [0.1, 0.15) is 26.0 Å². The van der Waals surface area contributed by atoms with E-state index in [9.17, 15) is 29.8 Å². The lowest BCUT2D eigenvalue weighted by atomic mass is 10.0. The fourth-order valence-corrected chi connectivity index (χ4v) is 4.73. The number of amides is 1. The number of rotatable bonds is 14. The smallest absolute Gasteiger partial charge is 0.338 e. The molecule has 0 spiro atoms. The molecule has 1 saturated heterocycles. The second-order valence-corrected chi connectivity index (χ2v) is 12.4. The molecular weight excluding hydrogens is 664 g/mol. The Hall–Kier alpha value is -4.94. The second-order valence-electron chi connectivity index (χ2n) is 11.8. The van der Waals surface area contributed by atoms with Crippen molar-refractivity contribution in [2.24, 2.45) is 0 Å². The molecule has 0 aliphatic carbocycles. The summed E-state index contributed by atoms with van der Waals surface area (Å²) in [6.45, 7) is 8.90. The molecule has 4 rings (SSSR count). The van der Waals surface area contributed by atoms with Gasteiger partial charge in [-0.2, -0.15) is 4.37 Å². The van der Waals surface area contributed by atoms with Gasteiger partial charge in [0.15, 0.2) is 6.10 Å². The van der Waals surface area contributed by atoms with Crippen LogP contribution in [0.5, 0.6) is 5.88 Å². The van der Waals surface area contributed by atoms with Gasteiger partial charge in [-0.05, 0) is 69.6 Å². The summed E-state index contributed by atoms with van der Waals surface area (Å²) in [6.07, 6.45) is 1.67. The van der Waals surface area contributed by atoms with Gasteiger partial charge in [0.2, 0.25) is 5.88 Å². The molecule has 2 heterocycles. The van der Waals surface area contributed by atoms with E-state index in [2.05, 4.69) is 30.4 Å². The van der Waals surface area contributed by atoms with Gasteiger partial charge in [-0.25, -0.2) is 4.79 Å². The molecule has 1 aliphatic heterocycles. The van der Waals surface area contributed by atoms with Crippen LogP contribution in [0.3, 0.4) is 0 Å². The van der Waals surface area contributed by atoms with E-state index in [1.54, 1.807) is 12.1 Å². The summed E-state index contributed by atoms with van der Waals surface area (Å²) >= 11 is 0.940. The van der Waals surface area contributed by atoms with Crippen molar-refractivity contribution in [3.05, 3.63) is 97.2 Å². The predicted octanol–water partition coefficient (Wildman–Crippen LogP) is 3.84. The maximum atomic E-state index is 13.6. The lowest BCUT2D eigenvalue weighted by molar-refractivity contribution is -0.763. The Bertz CT molecular complexity index is 1480. The van der Waals surface area contributed by atoms with Crippen LogP contribution in [0.25, 0.3) is 0 Å². The van der Waals surface area contributed by atoms with Crippen molar-refractivity contribution in [3.8, 4) is 5.88 Å². The fraction of sp³-hybridized carbons (Fsp3) is 0.484. The largest absolute Gasteiger partial charge is 0.472 e. The third kappa shape index (κ3) is 14.0. The Kier molecular flexibility index (Phi) is 15.1. The fourth-order valence-electron chi connectivity index (χ4n) is 4.37. The van der Waals surface area contributed by atoms with E-state index in [1.165, 1.54) is 60.5 Å². The summed E-state index contributed by atoms with van der Waals surface area (Å²) in [5.74, 6) is -0.841. The Morgan fingerprint density at radius 1 is 0.959 bits per heavy atom. The third-order valence-electron chi connectivity index (χ3n) is 6.98. The molecule has 3 aromatic rings. The number of carbonyl (C=O) groups excluding carboxylic acids is 2. The summed E-state index contributed by atoms with van der Waals surface area (Å²) in [6, 6.07) is 12.0. The van der Waals surface area contributed by atoms with Crippen molar-refractivity contribution in [1.82, 2.24) is 18.5 Å². The van der Waals surface area contributed by atoms with Crippen LogP contribution in [0.4, 0.5) is 0 Å². The first-order chi connectivity index (χ1) is 23.3. The van der Waals surface area contributed by atoms with E-state index < -0.39 is 27.8 Å². The molecule has 1 amide bonds. The molecule has 1 fully saturated rings. The van der Waals surface area contributed by atoms with Gasteiger partial charge in [-0.1, -0.05) is 24.3 Å². The Balaban J connectivity index is 0.000000710. The lowest BCUT2D eigenvalue weighted by Gasteiger charge is -2.38. The summed E-state index contributed by atoms with van der Waals surface area (Å²) in [5.41, 5.74) is 0.766. The molecule has 1 aliphatic rings. The molecule has 1 unspecified atom stereocenters. The first-order valence-corrected chi connectivity index (χ1v) is 16.0. The molecule has 0 N–H and O–H groups in total. The molecule has 0 radical (unpaired) electrons.